The summed E-state index contributed by atoms with van der Waals surface area (Å²) in [5, 5.41) is 0.753. The average molecular weight is 336 g/mol. The molecule has 2 heterocycles. The minimum atomic E-state index is -0.250. The molecule has 2 aliphatic heterocycles. The molecule has 3 rings (SSSR count). The molecule has 0 saturated carbocycles. The van der Waals surface area contributed by atoms with E-state index in [4.69, 9.17) is 11.6 Å². The topological polar surface area (TPSA) is 43.9 Å². The van der Waals surface area contributed by atoms with Crippen LogP contribution in [0.3, 0.4) is 0 Å². The lowest BCUT2D eigenvalue weighted by atomic mass is 10.1. The highest BCUT2D eigenvalue weighted by atomic mass is 35.5. The van der Waals surface area contributed by atoms with Crippen molar-refractivity contribution < 1.29 is 9.59 Å². The first-order chi connectivity index (χ1) is 11.1. The van der Waals surface area contributed by atoms with Crippen LogP contribution in [0.15, 0.2) is 24.3 Å². The number of piperazine rings is 1. The van der Waals surface area contributed by atoms with Crippen molar-refractivity contribution in [3.63, 3.8) is 0 Å². The minimum Gasteiger partial charge on any atom is -0.297 e. The first kappa shape index (κ1) is 16.4. The van der Waals surface area contributed by atoms with Crippen LogP contribution >= 0.6 is 11.6 Å². The number of hydrogen-bond acceptors (Lipinski definition) is 4. The van der Waals surface area contributed by atoms with E-state index in [-0.39, 0.29) is 17.9 Å². The van der Waals surface area contributed by atoms with Crippen molar-refractivity contribution >= 4 is 23.4 Å². The van der Waals surface area contributed by atoms with Gasteiger partial charge in [-0.15, -0.1) is 0 Å². The van der Waals surface area contributed by atoms with E-state index in [1.54, 1.807) is 0 Å². The van der Waals surface area contributed by atoms with Crippen molar-refractivity contribution in [2.75, 3.05) is 32.7 Å². The fraction of sp³-hybridized carbons (Fsp3) is 0.529. The molecule has 2 saturated heterocycles. The molecule has 0 spiro atoms. The van der Waals surface area contributed by atoms with Gasteiger partial charge in [-0.05, 0) is 24.6 Å². The van der Waals surface area contributed by atoms with Gasteiger partial charge in [0.2, 0.25) is 11.8 Å². The monoisotopic (exact) mass is 335 g/mol. The van der Waals surface area contributed by atoms with E-state index < -0.39 is 0 Å². The Labute approximate surface area is 141 Å². The Bertz CT molecular complexity index is 582. The summed E-state index contributed by atoms with van der Waals surface area (Å²) in [5.74, 6) is -0.0604. The van der Waals surface area contributed by atoms with Gasteiger partial charge in [-0.2, -0.15) is 0 Å². The molecule has 124 valence electrons. The van der Waals surface area contributed by atoms with Crippen LogP contribution in [0, 0.1) is 0 Å². The van der Waals surface area contributed by atoms with Gasteiger partial charge in [0.05, 0.1) is 12.5 Å². The first-order valence-corrected chi connectivity index (χ1v) is 8.51. The second-order valence-electron chi connectivity index (χ2n) is 6.13. The molecule has 1 atom stereocenters. The Hall–Kier alpha value is -1.43. The highest BCUT2D eigenvalue weighted by molar-refractivity contribution is 6.30. The van der Waals surface area contributed by atoms with Gasteiger partial charge in [-0.1, -0.05) is 23.7 Å². The van der Waals surface area contributed by atoms with Crippen LogP contribution in [0.4, 0.5) is 0 Å². The van der Waals surface area contributed by atoms with Gasteiger partial charge in [0.25, 0.3) is 0 Å². The molecule has 2 amide bonds. The van der Waals surface area contributed by atoms with Gasteiger partial charge in [0.15, 0.2) is 0 Å². The zero-order valence-electron chi connectivity index (χ0n) is 13.4. The SMILES string of the molecule is CCN1C(=O)C[C@@H](N2CCN(Cc3ccc(Cl)cc3)CC2)C1=O. The fourth-order valence-electron chi connectivity index (χ4n) is 3.36. The maximum atomic E-state index is 12.3. The highest BCUT2D eigenvalue weighted by Crippen LogP contribution is 2.20. The van der Waals surface area contributed by atoms with E-state index in [9.17, 15) is 9.59 Å². The zero-order chi connectivity index (χ0) is 16.4. The van der Waals surface area contributed by atoms with Crippen LogP contribution in [0.5, 0.6) is 0 Å². The molecule has 0 bridgehead atoms. The standard InChI is InChI=1S/C17H22ClN3O2/c1-2-21-16(22)11-15(17(21)23)20-9-7-19(8-10-20)12-13-3-5-14(18)6-4-13/h3-6,15H,2,7-12H2,1H3/t15-/m1/s1. The van der Waals surface area contributed by atoms with E-state index in [0.29, 0.717) is 13.0 Å². The summed E-state index contributed by atoms with van der Waals surface area (Å²) in [6.45, 7) is 6.69. The van der Waals surface area contributed by atoms with Gasteiger partial charge < -0.3 is 0 Å². The number of carbonyl (C=O) groups excluding carboxylic acids is 2. The third-order valence-electron chi connectivity index (χ3n) is 4.70. The van der Waals surface area contributed by atoms with Crippen molar-refractivity contribution in [3.05, 3.63) is 34.9 Å². The first-order valence-electron chi connectivity index (χ1n) is 8.13. The van der Waals surface area contributed by atoms with Crippen molar-refractivity contribution in [2.45, 2.75) is 25.9 Å². The van der Waals surface area contributed by atoms with Gasteiger partial charge in [0, 0.05) is 44.3 Å². The maximum Gasteiger partial charge on any atom is 0.247 e. The van der Waals surface area contributed by atoms with Gasteiger partial charge in [0.1, 0.15) is 0 Å². The molecule has 0 unspecified atom stereocenters. The van der Waals surface area contributed by atoms with Crippen molar-refractivity contribution in [2.24, 2.45) is 0 Å². The van der Waals surface area contributed by atoms with Crippen molar-refractivity contribution in [1.82, 2.24) is 14.7 Å². The number of rotatable bonds is 4. The van der Waals surface area contributed by atoms with Crippen LogP contribution in [0.1, 0.15) is 18.9 Å². The third-order valence-corrected chi connectivity index (χ3v) is 4.96. The van der Waals surface area contributed by atoms with Gasteiger partial charge in [-0.3, -0.25) is 24.3 Å². The lowest BCUT2D eigenvalue weighted by Crippen LogP contribution is -2.52. The van der Waals surface area contributed by atoms with Crippen LogP contribution in [-0.4, -0.2) is 65.3 Å². The van der Waals surface area contributed by atoms with E-state index in [0.717, 1.165) is 37.7 Å². The predicted molar refractivity (Wildman–Crippen MR) is 89.1 cm³/mol. The van der Waals surface area contributed by atoms with Gasteiger partial charge >= 0.3 is 0 Å². The summed E-state index contributed by atoms with van der Waals surface area (Å²) in [6, 6.07) is 7.67. The molecule has 1 aromatic rings. The second kappa shape index (κ2) is 6.99. The number of carbonyl (C=O) groups is 2. The van der Waals surface area contributed by atoms with E-state index in [1.807, 2.05) is 31.2 Å². The van der Waals surface area contributed by atoms with Crippen LogP contribution in [0.25, 0.3) is 0 Å². The lowest BCUT2D eigenvalue weighted by molar-refractivity contribution is -0.139. The number of likely N-dealkylation sites (tertiary alicyclic amines) is 1. The van der Waals surface area contributed by atoms with Crippen molar-refractivity contribution in [3.8, 4) is 0 Å². The number of halogens is 1. The molecular formula is C17H22ClN3O2. The Morgan fingerprint density at radius 3 is 2.30 bits per heavy atom. The smallest absolute Gasteiger partial charge is 0.247 e. The molecule has 0 aliphatic carbocycles. The third kappa shape index (κ3) is 3.57. The summed E-state index contributed by atoms with van der Waals surface area (Å²) in [5.41, 5.74) is 1.24. The Morgan fingerprint density at radius 2 is 1.74 bits per heavy atom. The van der Waals surface area contributed by atoms with Crippen molar-refractivity contribution in [1.29, 1.82) is 0 Å². The molecule has 6 heteroatoms. The quantitative estimate of drug-likeness (QED) is 0.784. The molecule has 0 radical (unpaired) electrons. The van der Waals surface area contributed by atoms with Crippen LogP contribution in [-0.2, 0) is 16.1 Å². The van der Waals surface area contributed by atoms with E-state index >= 15 is 0 Å². The molecule has 1 aromatic carbocycles. The number of likely N-dealkylation sites (N-methyl/N-ethyl adjacent to an activating group) is 1. The Morgan fingerprint density at radius 1 is 1.09 bits per heavy atom. The second-order valence-corrected chi connectivity index (χ2v) is 6.57. The molecule has 0 N–H and O–H groups in total. The van der Waals surface area contributed by atoms with Crippen LogP contribution < -0.4 is 0 Å². The predicted octanol–water partition coefficient (Wildman–Crippen LogP) is 1.60. The largest absolute Gasteiger partial charge is 0.297 e. The Kier molecular flexibility index (Phi) is 4.99. The van der Waals surface area contributed by atoms with E-state index in [1.165, 1.54) is 10.5 Å². The van der Waals surface area contributed by atoms with Crippen LogP contribution in [0.2, 0.25) is 5.02 Å². The summed E-state index contributed by atoms with van der Waals surface area (Å²) < 4.78 is 0. The Balaban J connectivity index is 1.53. The normalized spacial score (nSPS) is 23.7. The number of imide groups is 1. The lowest BCUT2D eigenvalue weighted by Gasteiger charge is -2.37. The molecule has 2 fully saturated rings. The summed E-state index contributed by atoms with van der Waals surface area (Å²) in [7, 11) is 0. The highest BCUT2D eigenvalue weighted by Gasteiger charge is 2.41. The van der Waals surface area contributed by atoms with Gasteiger partial charge in [-0.25, -0.2) is 0 Å². The molecule has 23 heavy (non-hydrogen) atoms. The minimum absolute atomic E-state index is 0.0244. The van der Waals surface area contributed by atoms with E-state index in [2.05, 4.69) is 9.80 Å². The number of nitrogens with zero attached hydrogens (tertiary/aromatic N) is 3. The molecule has 0 aromatic heterocycles. The fourth-order valence-corrected chi connectivity index (χ4v) is 3.49. The molecular weight excluding hydrogens is 314 g/mol. The number of amides is 2. The summed E-state index contributed by atoms with van der Waals surface area (Å²) in [4.78, 5) is 30.1. The summed E-state index contributed by atoms with van der Waals surface area (Å²) in [6.07, 6.45) is 0.337. The maximum absolute atomic E-state index is 12.3. The molecule has 2 aliphatic rings. The number of hydrogen-bond donors (Lipinski definition) is 0. The zero-order valence-corrected chi connectivity index (χ0v) is 14.1. The average Bonchev–Trinajstić information content (AvgIpc) is 2.84. The molecule has 5 nitrogen and oxygen atoms in total. The number of benzene rings is 1. The summed E-state index contributed by atoms with van der Waals surface area (Å²) >= 11 is 5.91.